The lowest BCUT2D eigenvalue weighted by Gasteiger charge is -2.25. The van der Waals surface area contributed by atoms with Crippen LogP contribution in [0.3, 0.4) is 0 Å². The van der Waals surface area contributed by atoms with Crippen molar-refractivity contribution in [3.05, 3.63) is 60.0 Å². The molecule has 128 valence electrons. The number of fused-ring (bicyclic) bond motifs is 1. The van der Waals surface area contributed by atoms with E-state index in [0.29, 0.717) is 12.5 Å². The van der Waals surface area contributed by atoms with Gasteiger partial charge in [-0.3, -0.25) is 9.78 Å². The molecular formula is C20H21N3O2. The molecule has 0 atom stereocenters. The maximum absolute atomic E-state index is 12.1. The van der Waals surface area contributed by atoms with Crippen LogP contribution in [-0.4, -0.2) is 22.5 Å². The van der Waals surface area contributed by atoms with E-state index in [9.17, 15) is 4.79 Å². The summed E-state index contributed by atoms with van der Waals surface area (Å²) in [6, 6.07) is 9.70. The molecule has 2 heterocycles. The van der Waals surface area contributed by atoms with Crippen molar-refractivity contribution >= 4 is 16.8 Å². The van der Waals surface area contributed by atoms with Gasteiger partial charge in [0.2, 0.25) is 0 Å². The molecule has 25 heavy (non-hydrogen) atoms. The van der Waals surface area contributed by atoms with Crippen LogP contribution in [0.2, 0.25) is 0 Å². The number of H-pyrrole nitrogens is 1. The zero-order chi connectivity index (χ0) is 17.1. The molecule has 1 saturated carbocycles. The summed E-state index contributed by atoms with van der Waals surface area (Å²) in [5.74, 6) is 1.26. The summed E-state index contributed by atoms with van der Waals surface area (Å²) in [5, 5.41) is 3.99. The van der Waals surface area contributed by atoms with Crippen LogP contribution in [0.5, 0.6) is 5.75 Å². The third-order valence-corrected chi connectivity index (χ3v) is 4.84. The normalized spacial score (nSPS) is 14.2. The number of rotatable bonds is 6. The zero-order valence-corrected chi connectivity index (χ0v) is 14.0. The summed E-state index contributed by atoms with van der Waals surface area (Å²) in [4.78, 5) is 19.4. The highest BCUT2D eigenvalue weighted by atomic mass is 16.5. The Morgan fingerprint density at radius 3 is 2.84 bits per heavy atom. The molecule has 0 saturated heterocycles. The van der Waals surface area contributed by atoms with E-state index in [4.69, 9.17) is 4.74 Å². The maximum atomic E-state index is 12.1. The number of pyridine rings is 1. The minimum atomic E-state index is -0.130. The second-order valence-electron chi connectivity index (χ2n) is 6.47. The summed E-state index contributed by atoms with van der Waals surface area (Å²) in [6.45, 7) is 0.492. The molecule has 4 rings (SSSR count). The second-order valence-corrected chi connectivity index (χ2v) is 6.47. The number of nitrogens with one attached hydrogen (secondary N) is 2. The van der Waals surface area contributed by atoms with Gasteiger partial charge in [0.05, 0.1) is 0 Å². The molecule has 0 bridgehead atoms. The van der Waals surface area contributed by atoms with Gasteiger partial charge in [-0.05, 0) is 54.2 Å². The largest absolute Gasteiger partial charge is 0.483 e. The maximum Gasteiger partial charge on any atom is 0.258 e. The summed E-state index contributed by atoms with van der Waals surface area (Å²) in [7, 11) is 0. The number of hydrogen-bond acceptors (Lipinski definition) is 3. The van der Waals surface area contributed by atoms with E-state index in [-0.39, 0.29) is 12.5 Å². The molecule has 0 unspecified atom stereocenters. The standard InChI is InChI=1S/C20H21N3O2/c24-19(23-11-14-7-9-21-10-8-14)13-25-18-6-2-5-17-20(18)16(12-22-17)15-3-1-4-15/h2,5-10,12,15,22H,1,3-4,11,13H2,(H,23,24). The molecule has 1 fully saturated rings. The molecule has 2 N–H and O–H groups in total. The van der Waals surface area contributed by atoms with E-state index in [1.165, 1.54) is 24.8 Å². The average Bonchev–Trinajstić information content (AvgIpc) is 3.02. The molecule has 5 heteroatoms. The summed E-state index contributed by atoms with van der Waals surface area (Å²) in [6.07, 6.45) is 9.27. The average molecular weight is 335 g/mol. The Balaban J connectivity index is 1.42. The van der Waals surface area contributed by atoms with Crippen LogP contribution in [0.15, 0.2) is 48.9 Å². The van der Waals surface area contributed by atoms with Crippen LogP contribution in [-0.2, 0) is 11.3 Å². The molecule has 3 aromatic rings. The van der Waals surface area contributed by atoms with Crippen molar-refractivity contribution in [1.29, 1.82) is 0 Å². The molecule has 0 radical (unpaired) electrons. The predicted octanol–water partition coefficient (Wildman–Crippen LogP) is 3.53. The molecule has 1 aliphatic rings. The molecule has 1 aliphatic carbocycles. The topological polar surface area (TPSA) is 67.0 Å². The predicted molar refractivity (Wildman–Crippen MR) is 96.5 cm³/mol. The van der Waals surface area contributed by atoms with E-state index in [1.54, 1.807) is 12.4 Å². The SMILES string of the molecule is O=C(COc1cccc2[nH]cc(C3CCC3)c12)NCc1ccncc1. The van der Waals surface area contributed by atoms with Gasteiger partial charge in [0, 0.05) is 36.0 Å². The Morgan fingerprint density at radius 1 is 1.24 bits per heavy atom. The first kappa shape index (κ1) is 15.7. The number of aromatic amines is 1. The van der Waals surface area contributed by atoms with E-state index in [1.807, 2.05) is 30.3 Å². The first-order valence-electron chi connectivity index (χ1n) is 8.69. The van der Waals surface area contributed by atoms with Crippen molar-refractivity contribution in [2.45, 2.75) is 31.7 Å². The van der Waals surface area contributed by atoms with Gasteiger partial charge in [0.15, 0.2) is 6.61 Å². The van der Waals surface area contributed by atoms with Gasteiger partial charge in [0.1, 0.15) is 5.75 Å². The van der Waals surface area contributed by atoms with Gasteiger partial charge in [-0.2, -0.15) is 0 Å². The van der Waals surface area contributed by atoms with Crippen LogP contribution in [0, 0.1) is 0 Å². The lowest BCUT2D eigenvalue weighted by molar-refractivity contribution is -0.123. The van der Waals surface area contributed by atoms with Crippen molar-refractivity contribution < 1.29 is 9.53 Å². The van der Waals surface area contributed by atoms with E-state index < -0.39 is 0 Å². The fourth-order valence-electron chi connectivity index (χ4n) is 3.23. The number of ether oxygens (including phenoxy) is 1. The van der Waals surface area contributed by atoms with Crippen molar-refractivity contribution in [2.24, 2.45) is 0 Å². The first-order chi connectivity index (χ1) is 12.3. The van der Waals surface area contributed by atoms with Crippen LogP contribution in [0.1, 0.15) is 36.3 Å². The van der Waals surface area contributed by atoms with Crippen LogP contribution in [0.25, 0.3) is 10.9 Å². The third-order valence-electron chi connectivity index (χ3n) is 4.84. The Kier molecular flexibility index (Phi) is 4.37. The number of aromatic nitrogens is 2. The molecule has 2 aromatic heterocycles. The molecule has 1 amide bonds. The Hall–Kier alpha value is -2.82. The fraction of sp³-hybridized carbons (Fsp3) is 0.300. The van der Waals surface area contributed by atoms with E-state index >= 15 is 0 Å². The quantitative estimate of drug-likeness (QED) is 0.724. The number of hydrogen-bond donors (Lipinski definition) is 2. The van der Waals surface area contributed by atoms with E-state index in [2.05, 4.69) is 21.5 Å². The minimum absolute atomic E-state index is 0.0134. The van der Waals surface area contributed by atoms with Crippen LogP contribution in [0.4, 0.5) is 0 Å². The van der Waals surface area contributed by atoms with Crippen LogP contribution >= 0.6 is 0 Å². The number of carbonyl (C=O) groups is 1. The van der Waals surface area contributed by atoms with Gasteiger partial charge in [-0.25, -0.2) is 0 Å². The van der Waals surface area contributed by atoms with Gasteiger partial charge in [-0.1, -0.05) is 12.5 Å². The van der Waals surface area contributed by atoms with Gasteiger partial charge < -0.3 is 15.0 Å². The Morgan fingerprint density at radius 2 is 2.08 bits per heavy atom. The lowest BCUT2D eigenvalue weighted by atomic mass is 9.80. The van der Waals surface area contributed by atoms with Crippen molar-refractivity contribution in [3.63, 3.8) is 0 Å². The molecular weight excluding hydrogens is 314 g/mol. The second kappa shape index (κ2) is 6.97. The third kappa shape index (κ3) is 3.36. The number of benzene rings is 1. The molecule has 5 nitrogen and oxygen atoms in total. The highest BCUT2D eigenvalue weighted by Gasteiger charge is 2.24. The first-order valence-corrected chi connectivity index (χ1v) is 8.69. The number of carbonyl (C=O) groups excluding carboxylic acids is 1. The summed E-state index contributed by atoms with van der Waals surface area (Å²) >= 11 is 0. The fourth-order valence-corrected chi connectivity index (χ4v) is 3.23. The van der Waals surface area contributed by atoms with Crippen molar-refractivity contribution in [3.8, 4) is 5.75 Å². The molecule has 0 spiro atoms. The summed E-state index contributed by atoms with van der Waals surface area (Å²) in [5.41, 5.74) is 3.40. The highest BCUT2D eigenvalue weighted by Crippen LogP contribution is 2.42. The van der Waals surface area contributed by atoms with Crippen molar-refractivity contribution in [2.75, 3.05) is 6.61 Å². The smallest absolute Gasteiger partial charge is 0.258 e. The van der Waals surface area contributed by atoms with Gasteiger partial charge >= 0.3 is 0 Å². The highest BCUT2D eigenvalue weighted by molar-refractivity contribution is 5.90. The van der Waals surface area contributed by atoms with Crippen molar-refractivity contribution in [1.82, 2.24) is 15.3 Å². The number of amides is 1. The van der Waals surface area contributed by atoms with E-state index in [0.717, 1.165) is 22.2 Å². The summed E-state index contributed by atoms with van der Waals surface area (Å²) < 4.78 is 5.84. The Bertz CT molecular complexity index is 869. The number of nitrogens with zero attached hydrogens (tertiary/aromatic N) is 1. The van der Waals surface area contributed by atoms with Crippen LogP contribution < -0.4 is 10.1 Å². The molecule has 1 aromatic carbocycles. The Labute approximate surface area is 146 Å². The van der Waals surface area contributed by atoms with Gasteiger partial charge in [-0.15, -0.1) is 0 Å². The minimum Gasteiger partial charge on any atom is -0.483 e. The monoisotopic (exact) mass is 335 g/mol. The lowest BCUT2D eigenvalue weighted by Crippen LogP contribution is -2.28. The molecule has 0 aliphatic heterocycles. The van der Waals surface area contributed by atoms with Gasteiger partial charge in [0.25, 0.3) is 5.91 Å². The zero-order valence-electron chi connectivity index (χ0n) is 14.0.